The first kappa shape index (κ1) is 14.9. The molecule has 1 aliphatic rings. The number of H-pyrrole nitrogens is 1. The summed E-state index contributed by atoms with van der Waals surface area (Å²) < 4.78 is 26.4. The molecule has 1 aromatic heterocycles. The van der Waals surface area contributed by atoms with E-state index >= 15 is 0 Å². The van der Waals surface area contributed by atoms with Crippen LogP contribution in [0.3, 0.4) is 0 Å². The Balaban J connectivity index is 1.62. The first-order valence-corrected chi connectivity index (χ1v) is 7.94. The lowest BCUT2D eigenvalue weighted by molar-refractivity contribution is 0.0725. The van der Waals surface area contributed by atoms with E-state index in [1.165, 1.54) is 24.3 Å². The molecular weight excluding hydrogens is 310 g/mol. The first-order chi connectivity index (χ1) is 11.6. The largest absolute Gasteiger partial charge is 0.351 e. The van der Waals surface area contributed by atoms with Crippen LogP contribution in [0.2, 0.25) is 0 Å². The zero-order valence-electron chi connectivity index (χ0n) is 12.9. The summed E-state index contributed by atoms with van der Waals surface area (Å²) in [6, 6.07) is 12.5. The number of amides is 1. The lowest BCUT2D eigenvalue weighted by atomic mass is 10.2. The average molecular weight is 326 g/mol. The maximum atomic E-state index is 13.3. The molecule has 0 spiro atoms. The highest BCUT2D eigenvalue weighted by atomic mass is 19.1. The van der Waals surface area contributed by atoms with Gasteiger partial charge in [-0.1, -0.05) is 12.1 Å². The monoisotopic (exact) mass is 326 g/mol. The zero-order chi connectivity index (χ0) is 16.7. The molecule has 122 valence electrons. The number of hydrogen-bond acceptors (Lipinski definition) is 1. The van der Waals surface area contributed by atoms with Gasteiger partial charge in [0, 0.05) is 23.5 Å². The fourth-order valence-corrected chi connectivity index (χ4v) is 2.91. The van der Waals surface area contributed by atoms with Crippen molar-refractivity contribution >= 4 is 16.8 Å². The minimum absolute atomic E-state index is 0.113. The number of carbonyl (C=O) groups is 1. The number of rotatable bonds is 4. The maximum absolute atomic E-state index is 13.3. The number of aromatic nitrogens is 1. The van der Waals surface area contributed by atoms with E-state index < -0.39 is 0 Å². The Morgan fingerprint density at radius 2 is 1.75 bits per heavy atom. The summed E-state index contributed by atoms with van der Waals surface area (Å²) in [6.45, 7) is 0.438. The van der Waals surface area contributed by atoms with Crippen molar-refractivity contribution in [1.82, 2.24) is 9.88 Å². The molecule has 1 saturated carbocycles. The second-order valence-electron chi connectivity index (χ2n) is 6.21. The number of fused-ring (bicyclic) bond motifs is 1. The van der Waals surface area contributed by atoms with Crippen LogP contribution in [0.5, 0.6) is 0 Å². The molecule has 3 nitrogen and oxygen atoms in total. The van der Waals surface area contributed by atoms with Crippen molar-refractivity contribution in [3.05, 3.63) is 71.4 Å². The molecule has 0 aliphatic heterocycles. The third kappa shape index (κ3) is 2.89. The van der Waals surface area contributed by atoms with Crippen molar-refractivity contribution in [1.29, 1.82) is 0 Å². The highest BCUT2D eigenvalue weighted by Gasteiger charge is 2.33. The Morgan fingerprint density at radius 1 is 1.04 bits per heavy atom. The number of halogens is 2. The smallest absolute Gasteiger partial charge is 0.270 e. The van der Waals surface area contributed by atoms with Crippen LogP contribution < -0.4 is 0 Å². The predicted octanol–water partition coefficient (Wildman–Crippen LogP) is 4.25. The molecule has 2 aromatic carbocycles. The van der Waals surface area contributed by atoms with Crippen LogP contribution in [-0.4, -0.2) is 21.8 Å². The van der Waals surface area contributed by atoms with Crippen LogP contribution in [0.15, 0.2) is 48.5 Å². The Morgan fingerprint density at radius 3 is 2.46 bits per heavy atom. The Labute approximate surface area is 137 Å². The number of aromatic amines is 1. The van der Waals surface area contributed by atoms with E-state index in [2.05, 4.69) is 4.98 Å². The second kappa shape index (κ2) is 5.74. The molecule has 1 amide bonds. The Bertz CT molecular complexity index is 897. The van der Waals surface area contributed by atoms with Gasteiger partial charge >= 0.3 is 0 Å². The van der Waals surface area contributed by atoms with E-state index in [1.807, 2.05) is 0 Å². The summed E-state index contributed by atoms with van der Waals surface area (Å²) in [5, 5.41) is 0.677. The Hall–Kier alpha value is -2.69. The normalized spacial score (nSPS) is 14.1. The minimum atomic E-state index is -0.328. The van der Waals surface area contributed by atoms with Gasteiger partial charge in [-0.25, -0.2) is 8.78 Å². The van der Waals surface area contributed by atoms with Gasteiger partial charge in [0.2, 0.25) is 0 Å². The third-order valence-electron chi connectivity index (χ3n) is 4.33. The van der Waals surface area contributed by atoms with Gasteiger partial charge < -0.3 is 9.88 Å². The number of nitrogens with zero attached hydrogens (tertiary/aromatic N) is 1. The highest BCUT2D eigenvalue weighted by Crippen LogP contribution is 2.30. The Kier molecular flexibility index (Phi) is 3.56. The van der Waals surface area contributed by atoms with E-state index in [9.17, 15) is 13.6 Å². The topological polar surface area (TPSA) is 36.1 Å². The fraction of sp³-hybridized carbons (Fsp3) is 0.211. The number of nitrogens with one attached hydrogen (secondary N) is 1. The third-order valence-corrected chi connectivity index (χ3v) is 4.33. The molecule has 5 heteroatoms. The van der Waals surface area contributed by atoms with Crippen LogP contribution in [0.1, 0.15) is 28.9 Å². The molecule has 0 saturated heterocycles. The van der Waals surface area contributed by atoms with E-state index in [0.717, 1.165) is 23.9 Å². The number of benzene rings is 2. The van der Waals surface area contributed by atoms with Gasteiger partial charge in [-0.15, -0.1) is 0 Å². The predicted molar refractivity (Wildman–Crippen MR) is 87.6 cm³/mol. The van der Waals surface area contributed by atoms with Crippen LogP contribution in [0.4, 0.5) is 8.78 Å². The summed E-state index contributed by atoms with van der Waals surface area (Å²) in [5.41, 5.74) is 2.07. The molecule has 1 aliphatic carbocycles. The molecule has 3 aromatic rings. The molecule has 1 N–H and O–H groups in total. The van der Waals surface area contributed by atoms with E-state index in [-0.39, 0.29) is 23.6 Å². The number of hydrogen-bond donors (Lipinski definition) is 1. The molecule has 0 radical (unpaired) electrons. The molecule has 4 rings (SSSR count). The lowest BCUT2D eigenvalue weighted by Gasteiger charge is -2.22. The summed E-state index contributed by atoms with van der Waals surface area (Å²) in [6.07, 6.45) is 1.95. The van der Waals surface area contributed by atoms with E-state index in [0.29, 0.717) is 17.6 Å². The van der Waals surface area contributed by atoms with Gasteiger partial charge in [0.05, 0.1) is 0 Å². The van der Waals surface area contributed by atoms with Crippen LogP contribution >= 0.6 is 0 Å². The van der Waals surface area contributed by atoms with E-state index in [4.69, 9.17) is 0 Å². The van der Waals surface area contributed by atoms with Gasteiger partial charge in [0.15, 0.2) is 0 Å². The van der Waals surface area contributed by atoms with Gasteiger partial charge in [0.1, 0.15) is 17.3 Å². The minimum Gasteiger partial charge on any atom is -0.351 e. The molecule has 1 fully saturated rings. The molecule has 1 heterocycles. The van der Waals surface area contributed by atoms with Gasteiger partial charge in [0.25, 0.3) is 5.91 Å². The van der Waals surface area contributed by atoms with Crippen molar-refractivity contribution in [2.45, 2.75) is 25.4 Å². The average Bonchev–Trinajstić information content (AvgIpc) is 3.32. The first-order valence-electron chi connectivity index (χ1n) is 7.94. The molecule has 0 unspecified atom stereocenters. The zero-order valence-corrected chi connectivity index (χ0v) is 12.9. The van der Waals surface area contributed by atoms with Crippen LogP contribution in [0.25, 0.3) is 10.9 Å². The van der Waals surface area contributed by atoms with Crippen molar-refractivity contribution < 1.29 is 13.6 Å². The summed E-state index contributed by atoms with van der Waals surface area (Å²) in [7, 11) is 0. The lowest BCUT2D eigenvalue weighted by Crippen LogP contribution is -2.32. The molecular formula is C19H16F2N2O. The van der Waals surface area contributed by atoms with Crippen molar-refractivity contribution in [2.24, 2.45) is 0 Å². The van der Waals surface area contributed by atoms with Gasteiger partial charge in [-0.3, -0.25) is 4.79 Å². The second-order valence-corrected chi connectivity index (χ2v) is 6.21. The van der Waals surface area contributed by atoms with E-state index in [1.54, 1.807) is 29.2 Å². The highest BCUT2D eigenvalue weighted by molar-refractivity contribution is 5.98. The van der Waals surface area contributed by atoms with Crippen molar-refractivity contribution in [3.63, 3.8) is 0 Å². The van der Waals surface area contributed by atoms with Gasteiger partial charge in [-0.2, -0.15) is 0 Å². The fourth-order valence-electron chi connectivity index (χ4n) is 2.91. The van der Waals surface area contributed by atoms with Crippen LogP contribution in [-0.2, 0) is 6.54 Å². The van der Waals surface area contributed by atoms with Crippen molar-refractivity contribution in [2.75, 3.05) is 0 Å². The maximum Gasteiger partial charge on any atom is 0.270 e. The standard InChI is InChI=1S/C19H16F2N2O/c20-14-3-1-12(2-4-14)11-23(16-6-7-16)19(24)18-10-13-9-15(21)5-8-17(13)22-18/h1-5,8-10,16,22H,6-7,11H2. The molecule has 0 atom stereocenters. The number of carbonyl (C=O) groups excluding carboxylic acids is 1. The quantitative estimate of drug-likeness (QED) is 0.764. The van der Waals surface area contributed by atoms with Crippen molar-refractivity contribution in [3.8, 4) is 0 Å². The molecule has 0 bridgehead atoms. The SMILES string of the molecule is O=C(c1cc2cc(F)ccc2[nH]1)N(Cc1ccc(F)cc1)C1CC1. The summed E-state index contributed by atoms with van der Waals surface area (Å²) in [4.78, 5) is 17.7. The van der Waals surface area contributed by atoms with Crippen LogP contribution in [0, 0.1) is 11.6 Å². The molecule has 24 heavy (non-hydrogen) atoms. The summed E-state index contributed by atoms with van der Waals surface area (Å²) >= 11 is 0. The van der Waals surface area contributed by atoms with Gasteiger partial charge in [-0.05, 0) is 54.8 Å². The summed E-state index contributed by atoms with van der Waals surface area (Å²) in [5.74, 6) is -0.731.